The average molecular weight is 423 g/mol. The van der Waals surface area contributed by atoms with E-state index in [1.807, 2.05) is 23.1 Å². The van der Waals surface area contributed by atoms with Crippen LogP contribution in [0.2, 0.25) is 5.02 Å². The molecule has 2 aliphatic rings. The number of nitrogens with zero attached hydrogens (tertiary/aromatic N) is 4. The number of aliphatic imine (C=N–C) groups is 2. The monoisotopic (exact) mass is 422 g/mol. The Morgan fingerprint density at radius 1 is 1.11 bits per heavy atom. The van der Waals surface area contributed by atoms with Crippen LogP contribution in [0, 0.1) is 5.82 Å². The lowest BCUT2D eigenvalue weighted by Crippen LogP contribution is -2.54. The van der Waals surface area contributed by atoms with Gasteiger partial charge in [0, 0.05) is 23.8 Å². The van der Waals surface area contributed by atoms with Gasteiger partial charge in [0.05, 0.1) is 5.69 Å². The summed E-state index contributed by atoms with van der Waals surface area (Å²) in [5, 5.41) is 3.98. The van der Waals surface area contributed by atoms with Crippen LogP contribution in [0.25, 0.3) is 0 Å². The summed E-state index contributed by atoms with van der Waals surface area (Å²) < 4.78 is 13.9. The van der Waals surface area contributed by atoms with Crippen molar-refractivity contribution < 1.29 is 4.39 Å². The molecule has 1 atom stereocenters. The molecule has 0 aromatic heterocycles. The van der Waals surface area contributed by atoms with Crippen LogP contribution >= 0.6 is 24.0 Å². The van der Waals surface area contributed by atoms with Crippen molar-refractivity contribution in [2.45, 2.75) is 19.1 Å². The highest BCUT2D eigenvalue weighted by Crippen LogP contribution is 2.26. The molecule has 6 nitrogen and oxygen atoms in total. The third kappa shape index (κ3) is 4.31. The maximum atomic E-state index is 13.9. The van der Waals surface area contributed by atoms with Gasteiger partial charge in [-0.2, -0.15) is 4.99 Å². The van der Waals surface area contributed by atoms with E-state index in [4.69, 9.17) is 17.3 Å². The number of anilines is 2. The Morgan fingerprint density at radius 2 is 1.82 bits per heavy atom. The van der Waals surface area contributed by atoms with Gasteiger partial charge in [0.25, 0.3) is 0 Å². The highest BCUT2D eigenvalue weighted by Gasteiger charge is 2.32. The topological polar surface area (TPSA) is 69.2 Å². The number of guanidine groups is 2. The lowest BCUT2D eigenvalue weighted by Gasteiger charge is -2.38. The summed E-state index contributed by atoms with van der Waals surface area (Å²) in [6.07, 6.45) is 1.62. The second-order valence-electron chi connectivity index (χ2n) is 6.47. The van der Waals surface area contributed by atoms with Crippen LogP contribution in [-0.2, 0) is 0 Å². The average Bonchev–Trinajstić information content (AvgIpc) is 3.18. The number of likely N-dealkylation sites (tertiary alicyclic amines) is 1. The van der Waals surface area contributed by atoms with E-state index in [-0.39, 0.29) is 24.2 Å². The summed E-state index contributed by atoms with van der Waals surface area (Å²) in [6.45, 7) is 1.76. The predicted molar refractivity (Wildman–Crippen MR) is 115 cm³/mol. The highest BCUT2D eigenvalue weighted by molar-refractivity contribution is 6.30. The van der Waals surface area contributed by atoms with Crippen LogP contribution < -0.4 is 16.0 Å². The van der Waals surface area contributed by atoms with Gasteiger partial charge in [-0.05, 0) is 55.3 Å². The van der Waals surface area contributed by atoms with Gasteiger partial charge in [0.2, 0.25) is 18.2 Å². The van der Waals surface area contributed by atoms with E-state index in [2.05, 4.69) is 20.2 Å². The number of nitrogens with one attached hydrogen (secondary N) is 1. The standard InChI is InChI=1S/C19H20ClFN6.ClH/c20-13-6-8-15(9-7-13)23-18-24-17(22)25-19(26-10-1-2-11-26)27(18)16-5-3-4-14(21)12-16;/h3-9,12,18,23H,1-2,10-11H2,(H2,22,24);1H. The first-order chi connectivity index (χ1) is 13.1. The third-order valence-electron chi connectivity index (χ3n) is 4.54. The Hall–Kier alpha value is -2.51. The third-order valence-corrected chi connectivity index (χ3v) is 4.80. The number of nitrogens with two attached hydrogens (primary N) is 1. The molecule has 2 aromatic rings. The number of halogens is 3. The molecule has 3 N–H and O–H groups in total. The minimum absolute atomic E-state index is 0. The van der Waals surface area contributed by atoms with Crippen molar-refractivity contribution in [3.63, 3.8) is 0 Å². The summed E-state index contributed by atoms with van der Waals surface area (Å²) in [6, 6.07) is 13.7. The molecule has 0 aliphatic carbocycles. The van der Waals surface area contributed by atoms with Gasteiger partial charge in [-0.1, -0.05) is 17.7 Å². The molecule has 0 saturated carbocycles. The second kappa shape index (κ2) is 8.67. The normalized spacial score (nSPS) is 19.0. The van der Waals surface area contributed by atoms with Gasteiger partial charge in [-0.25, -0.2) is 9.38 Å². The van der Waals surface area contributed by atoms with E-state index in [0.717, 1.165) is 31.6 Å². The van der Waals surface area contributed by atoms with Crippen molar-refractivity contribution in [3.05, 3.63) is 59.4 Å². The van der Waals surface area contributed by atoms with Crippen molar-refractivity contribution in [1.82, 2.24) is 4.90 Å². The molecule has 9 heteroatoms. The molecule has 148 valence electrons. The van der Waals surface area contributed by atoms with Crippen LogP contribution in [-0.4, -0.2) is 36.2 Å². The fourth-order valence-corrected chi connectivity index (χ4v) is 3.42. The van der Waals surface area contributed by atoms with Crippen molar-refractivity contribution in [2.24, 2.45) is 15.7 Å². The number of hydrogen-bond acceptors (Lipinski definition) is 6. The number of rotatable bonds is 3. The van der Waals surface area contributed by atoms with Crippen molar-refractivity contribution in [1.29, 1.82) is 0 Å². The van der Waals surface area contributed by atoms with Crippen LogP contribution in [0.15, 0.2) is 58.5 Å². The summed E-state index contributed by atoms with van der Waals surface area (Å²) in [5.41, 5.74) is 7.49. The van der Waals surface area contributed by atoms with Crippen molar-refractivity contribution in [2.75, 3.05) is 23.3 Å². The van der Waals surface area contributed by atoms with E-state index < -0.39 is 6.29 Å². The highest BCUT2D eigenvalue weighted by atomic mass is 35.5. The minimum Gasteiger partial charge on any atom is -0.368 e. The Bertz CT molecular complexity index is 880. The van der Waals surface area contributed by atoms with E-state index in [9.17, 15) is 4.39 Å². The van der Waals surface area contributed by atoms with Gasteiger partial charge in [0.15, 0.2) is 0 Å². The first kappa shape index (κ1) is 20.2. The maximum absolute atomic E-state index is 13.9. The summed E-state index contributed by atoms with van der Waals surface area (Å²) >= 11 is 5.98. The molecule has 2 aromatic carbocycles. The molecular formula is C19H21Cl2FN6. The first-order valence-electron chi connectivity index (χ1n) is 8.84. The molecule has 2 aliphatic heterocycles. The molecule has 0 spiro atoms. The molecule has 1 saturated heterocycles. The zero-order valence-electron chi connectivity index (χ0n) is 15.1. The quantitative estimate of drug-likeness (QED) is 0.786. The number of hydrogen-bond donors (Lipinski definition) is 2. The minimum atomic E-state index is -0.555. The summed E-state index contributed by atoms with van der Waals surface area (Å²) in [7, 11) is 0. The molecule has 0 amide bonds. The van der Waals surface area contributed by atoms with E-state index in [1.54, 1.807) is 18.2 Å². The SMILES string of the molecule is Cl.NC1=NC(Nc2ccc(Cl)cc2)N(c2cccc(F)c2)C(N2CCCC2)=N1. The molecule has 4 rings (SSSR count). The molecule has 1 unspecified atom stereocenters. The Labute approximate surface area is 174 Å². The van der Waals surface area contributed by atoms with Crippen molar-refractivity contribution >= 4 is 47.3 Å². The van der Waals surface area contributed by atoms with Gasteiger partial charge >= 0.3 is 0 Å². The Morgan fingerprint density at radius 3 is 2.50 bits per heavy atom. The Kier molecular flexibility index (Phi) is 6.26. The summed E-state index contributed by atoms with van der Waals surface area (Å²) in [4.78, 5) is 12.9. The second-order valence-corrected chi connectivity index (χ2v) is 6.90. The van der Waals surface area contributed by atoms with Gasteiger partial charge < -0.3 is 16.0 Å². The zero-order valence-corrected chi connectivity index (χ0v) is 16.6. The predicted octanol–water partition coefficient (Wildman–Crippen LogP) is 3.88. The molecular weight excluding hydrogens is 402 g/mol. The molecule has 2 heterocycles. The van der Waals surface area contributed by atoms with Crippen LogP contribution in [0.5, 0.6) is 0 Å². The van der Waals surface area contributed by atoms with Gasteiger partial charge in [0.1, 0.15) is 5.82 Å². The summed E-state index contributed by atoms with van der Waals surface area (Å²) in [5.74, 6) is 0.550. The molecule has 0 bridgehead atoms. The van der Waals surface area contributed by atoms with Crippen LogP contribution in [0.4, 0.5) is 15.8 Å². The zero-order chi connectivity index (χ0) is 18.8. The van der Waals surface area contributed by atoms with Gasteiger partial charge in [-0.15, -0.1) is 12.4 Å². The van der Waals surface area contributed by atoms with Crippen LogP contribution in [0.1, 0.15) is 12.8 Å². The van der Waals surface area contributed by atoms with Crippen molar-refractivity contribution in [3.8, 4) is 0 Å². The number of benzene rings is 2. The fraction of sp³-hybridized carbons (Fsp3) is 0.263. The molecule has 1 fully saturated rings. The smallest absolute Gasteiger partial charge is 0.222 e. The maximum Gasteiger partial charge on any atom is 0.222 e. The molecule has 0 radical (unpaired) electrons. The van der Waals surface area contributed by atoms with Gasteiger partial charge in [-0.3, -0.25) is 4.90 Å². The first-order valence-corrected chi connectivity index (χ1v) is 9.22. The Balaban J connectivity index is 0.00000225. The fourth-order valence-electron chi connectivity index (χ4n) is 3.29. The lowest BCUT2D eigenvalue weighted by molar-refractivity contribution is 0.497. The van der Waals surface area contributed by atoms with E-state index >= 15 is 0 Å². The van der Waals surface area contributed by atoms with Crippen LogP contribution in [0.3, 0.4) is 0 Å². The van der Waals surface area contributed by atoms with E-state index in [1.165, 1.54) is 12.1 Å². The molecule has 28 heavy (non-hydrogen) atoms. The largest absolute Gasteiger partial charge is 0.368 e. The lowest BCUT2D eigenvalue weighted by atomic mass is 10.2. The van der Waals surface area contributed by atoms with E-state index in [0.29, 0.717) is 16.7 Å².